The lowest BCUT2D eigenvalue weighted by Gasteiger charge is -2.01. The summed E-state index contributed by atoms with van der Waals surface area (Å²) >= 11 is 11.3. The second kappa shape index (κ2) is 6.35. The van der Waals surface area contributed by atoms with Crippen LogP contribution in [-0.2, 0) is 9.53 Å². The van der Waals surface area contributed by atoms with E-state index in [9.17, 15) is 4.79 Å². The van der Waals surface area contributed by atoms with Gasteiger partial charge in [-0.25, -0.2) is 4.79 Å². The van der Waals surface area contributed by atoms with Crippen molar-refractivity contribution >= 4 is 40.0 Å². The van der Waals surface area contributed by atoms with Gasteiger partial charge in [0, 0.05) is 5.02 Å². The molecule has 4 nitrogen and oxygen atoms in total. The molecular formula is C10H10Cl2N2O2. The van der Waals surface area contributed by atoms with Crippen LogP contribution in [-0.4, -0.2) is 17.7 Å². The summed E-state index contributed by atoms with van der Waals surface area (Å²) in [4.78, 5) is 11.1. The van der Waals surface area contributed by atoms with Gasteiger partial charge in [-0.15, -0.1) is 0 Å². The molecule has 6 heteroatoms. The van der Waals surface area contributed by atoms with Gasteiger partial charge in [-0.05, 0) is 31.2 Å². The van der Waals surface area contributed by atoms with Gasteiger partial charge in [0.05, 0.1) is 12.3 Å². The number of rotatable bonds is 4. The van der Waals surface area contributed by atoms with E-state index in [2.05, 4.69) is 15.3 Å². The number of hydrogen-bond donors (Lipinski definition) is 1. The SMILES string of the molecule is CCOC(=O)/C(Cl)=N\Nc1ccc(Cl)cc1. The molecule has 86 valence electrons. The van der Waals surface area contributed by atoms with Crippen molar-refractivity contribution in [2.24, 2.45) is 5.10 Å². The highest BCUT2D eigenvalue weighted by Gasteiger charge is 2.08. The highest BCUT2D eigenvalue weighted by atomic mass is 35.5. The van der Waals surface area contributed by atoms with Gasteiger partial charge in [0.25, 0.3) is 0 Å². The summed E-state index contributed by atoms with van der Waals surface area (Å²) in [5, 5.41) is 4.02. The summed E-state index contributed by atoms with van der Waals surface area (Å²) in [6.07, 6.45) is 0. The molecule has 0 radical (unpaired) electrons. The average molecular weight is 261 g/mol. The number of nitrogens with one attached hydrogen (secondary N) is 1. The Kier molecular flexibility index (Phi) is 5.08. The first-order chi connectivity index (χ1) is 7.63. The van der Waals surface area contributed by atoms with Crippen LogP contribution in [0.3, 0.4) is 0 Å². The summed E-state index contributed by atoms with van der Waals surface area (Å²) in [5.74, 6) is -0.661. The van der Waals surface area contributed by atoms with Gasteiger partial charge in [0.2, 0.25) is 5.17 Å². The third-order valence-corrected chi connectivity index (χ3v) is 2.06. The van der Waals surface area contributed by atoms with Gasteiger partial charge in [-0.3, -0.25) is 5.43 Å². The Morgan fingerprint density at radius 3 is 2.62 bits per heavy atom. The van der Waals surface area contributed by atoms with Crippen LogP contribution in [0.1, 0.15) is 6.92 Å². The fourth-order valence-electron chi connectivity index (χ4n) is 0.874. The minimum absolute atomic E-state index is 0.253. The number of esters is 1. The molecule has 0 fully saturated rings. The quantitative estimate of drug-likeness (QED) is 0.515. The molecule has 0 aliphatic heterocycles. The van der Waals surface area contributed by atoms with E-state index in [1.807, 2.05) is 0 Å². The molecule has 0 aliphatic rings. The number of carbonyl (C=O) groups is 1. The molecule has 16 heavy (non-hydrogen) atoms. The van der Waals surface area contributed by atoms with Crippen LogP contribution in [0, 0.1) is 0 Å². The third-order valence-electron chi connectivity index (χ3n) is 1.57. The van der Waals surface area contributed by atoms with Crippen LogP contribution < -0.4 is 5.43 Å². The van der Waals surface area contributed by atoms with Crippen molar-refractivity contribution in [2.75, 3.05) is 12.0 Å². The van der Waals surface area contributed by atoms with E-state index in [4.69, 9.17) is 23.2 Å². The Bertz CT molecular complexity index is 390. The smallest absolute Gasteiger partial charge is 0.370 e. The standard InChI is InChI=1S/C10H10Cl2N2O2/c1-2-16-10(15)9(12)14-13-8-5-3-7(11)4-6-8/h3-6,13H,2H2,1H3/b14-9+. The van der Waals surface area contributed by atoms with E-state index in [0.717, 1.165) is 0 Å². The molecule has 1 aromatic rings. The zero-order valence-electron chi connectivity index (χ0n) is 8.54. The zero-order valence-corrected chi connectivity index (χ0v) is 10.0. The minimum Gasteiger partial charge on any atom is -0.461 e. The van der Waals surface area contributed by atoms with Gasteiger partial charge in [0.15, 0.2) is 0 Å². The van der Waals surface area contributed by atoms with E-state index >= 15 is 0 Å². The van der Waals surface area contributed by atoms with Crippen LogP contribution in [0.4, 0.5) is 5.69 Å². The Balaban J connectivity index is 2.58. The lowest BCUT2D eigenvalue weighted by atomic mass is 10.3. The lowest BCUT2D eigenvalue weighted by molar-refractivity contribution is -0.134. The van der Waals surface area contributed by atoms with E-state index in [1.165, 1.54) is 0 Å². The van der Waals surface area contributed by atoms with E-state index in [1.54, 1.807) is 31.2 Å². The fraction of sp³-hybridized carbons (Fsp3) is 0.200. The van der Waals surface area contributed by atoms with Crippen LogP contribution in [0.15, 0.2) is 29.4 Å². The molecule has 0 aromatic heterocycles. The van der Waals surface area contributed by atoms with Crippen molar-refractivity contribution in [3.63, 3.8) is 0 Å². The molecule has 1 N–H and O–H groups in total. The van der Waals surface area contributed by atoms with Crippen molar-refractivity contribution in [3.05, 3.63) is 29.3 Å². The molecule has 1 aromatic carbocycles. The first kappa shape index (κ1) is 12.8. The normalized spacial score (nSPS) is 11.1. The van der Waals surface area contributed by atoms with Gasteiger partial charge >= 0.3 is 5.97 Å². The van der Waals surface area contributed by atoms with Crippen LogP contribution in [0.2, 0.25) is 5.02 Å². The lowest BCUT2D eigenvalue weighted by Crippen LogP contribution is -2.13. The molecule has 0 bridgehead atoms. The van der Waals surface area contributed by atoms with E-state index in [0.29, 0.717) is 10.7 Å². The van der Waals surface area contributed by atoms with Gasteiger partial charge < -0.3 is 4.74 Å². The molecule has 0 saturated carbocycles. The summed E-state index contributed by atoms with van der Waals surface area (Å²) < 4.78 is 4.65. The van der Waals surface area contributed by atoms with E-state index < -0.39 is 5.97 Å². The van der Waals surface area contributed by atoms with Crippen LogP contribution in [0.5, 0.6) is 0 Å². The average Bonchev–Trinajstić information content (AvgIpc) is 2.28. The van der Waals surface area contributed by atoms with Crippen LogP contribution in [0.25, 0.3) is 0 Å². The highest BCUT2D eigenvalue weighted by Crippen LogP contribution is 2.13. The van der Waals surface area contributed by atoms with Crippen molar-refractivity contribution in [1.82, 2.24) is 0 Å². The molecule has 0 spiro atoms. The maximum absolute atomic E-state index is 11.1. The number of anilines is 1. The van der Waals surface area contributed by atoms with E-state index in [-0.39, 0.29) is 11.8 Å². The molecular weight excluding hydrogens is 251 g/mol. The molecule has 1 rings (SSSR count). The monoisotopic (exact) mass is 260 g/mol. The fourth-order valence-corrected chi connectivity index (χ4v) is 1.10. The highest BCUT2D eigenvalue weighted by molar-refractivity contribution is 6.82. The molecule has 0 heterocycles. The summed E-state index contributed by atoms with van der Waals surface area (Å²) in [6, 6.07) is 6.80. The maximum atomic E-state index is 11.1. The number of halogens is 2. The molecule has 0 atom stereocenters. The second-order valence-corrected chi connectivity index (χ2v) is 3.54. The van der Waals surface area contributed by atoms with Crippen molar-refractivity contribution in [2.45, 2.75) is 6.92 Å². The number of carbonyl (C=O) groups excluding carboxylic acids is 1. The van der Waals surface area contributed by atoms with Crippen molar-refractivity contribution < 1.29 is 9.53 Å². The van der Waals surface area contributed by atoms with Gasteiger partial charge in [0.1, 0.15) is 0 Å². The summed E-state index contributed by atoms with van der Waals surface area (Å²) in [7, 11) is 0. The molecule has 0 aliphatic carbocycles. The number of ether oxygens (including phenoxy) is 1. The first-order valence-corrected chi connectivity index (χ1v) is 5.31. The predicted molar refractivity (Wildman–Crippen MR) is 65.0 cm³/mol. The number of nitrogens with zero attached hydrogens (tertiary/aromatic N) is 1. The zero-order chi connectivity index (χ0) is 12.0. The largest absolute Gasteiger partial charge is 0.461 e. The molecule has 0 saturated heterocycles. The van der Waals surface area contributed by atoms with Crippen LogP contribution >= 0.6 is 23.2 Å². The van der Waals surface area contributed by atoms with Crippen molar-refractivity contribution in [3.8, 4) is 0 Å². The number of benzene rings is 1. The first-order valence-electron chi connectivity index (χ1n) is 4.55. The van der Waals surface area contributed by atoms with Crippen molar-refractivity contribution in [1.29, 1.82) is 0 Å². The maximum Gasteiger partial charge on any atom is 0.370 e. The Morgan fingerprint density at radius 2 is 2.06 bits per heavy atom. The molecule has 0 unspecified atom stereocenters. The second-order valence-electron chi connectivity index (χ2n) is 2.74. The summed E-state index contributed by atoms with van der Waals surface area (Å²) in [6.45, 7) is 1.94. The number of hydrogen-bond acceptors (Lipinski definition) is 4. The Morgan fingerprint density at radius 1 is 1.44 bits per heavy atom. The summed E-state index contributed by atoms with van der Waals surface area (Å²) in [5.41, 5.74) is 3.28. The topological polar surface area (TPSA) is 50.7 Å². The van der Waals surface area contributed by atoms with Gasteiger partial charge in [-0.2, -0.15) is 5.10 Å². The minimum atomic E-state index is -0.661. The third kappa shape index (κ3) is 4.08. The number of hydrazone groups is 1. The molecule has 0 amide bonds. The Hall–Kier alpha value is -1.26. The Labute approximate surface area is 103 Å². The van der Waals surface area contributed by atoms with Gasteiger partial charge in [-0.1, -0.05) is 23.2 Å². The predicted octanol–water partition coefficient (Wildman–Crippen LogP) is 2.87.